The van der Waals surface area contributed by atoms with E-state index in [1.54, 1.807) is 55.5 Å². The lowest BCUT2D eigenvalue weighted by Gasteiger charge is -2.29. The number of hydrogen-bond acceptors (Lipinski definition) is 5. The average Bonchev–Trinajstić information content (AvgIpc) is 3.35. The first-order chi connectivity index (χ1) is 16.8. The van der Waals surface area contributed by atoms with Gasteiger partial charge in [0.25, 0.3) is 11.6 Å². The summed E-state index contributed by atoms with van der Waals surface area (Å²) in [6.45, 7) is 1.71. The highest BCUT2D eigenvalue weighted by Crippen LogP contribution is 2.43. The molecule has 3 aromatic rings. The minimum absolute atomic E-state index is 0.0108. The van der Waals surface area contributed by atoms with E-state index < -0.39 is 34.1 Å². The molecule has 1 atom stereocenters. The summed E-state index contributed by atoms with van der Waals surface area (Å²) in [5.41, 5.74) is 0.509. The Morgan fingerprint density at radius 2 is 1.69 bits per heavy atom. The van der Waals surface area contributed by atoms with E-state index >= 15 is 0 Å². The van der Waals surface area contributed by atoms with Gasteiger partial charge in [-0.25, -0.2) is 4.39 Å². The van der Waals surface area contributed by atoms with Crippen molar-refractivity contribution in [3.05, 3.63) is 105 Å². The van der Waals surface area contributed by atoms with Crippen LogP contribution in [0, 0.1) is 22.9 Å². The number of halogens is 1. The Balaban J connectivity index is 1.66. The van der Waals surface area contributed by atoms with Crippen LogP contribution in [0.2, 0.25) is 0 Å². The smallest absolute Gasteiger partial charge is 0.317 e. The molecule has 0 radical (unpaired) electrons. The zero-order chi connectivity index (χ0) is 25.0. The van der Waals surface area contributed by atoms with E-state index in [-0.39, 0.29) is 11.4 Å². The number of hydrogen-bond donors (Lipinski definition) is 1. The highest BCUT2D eigenvalue weighted by Gasteiger charge is 2.46. The van der Waals surface area contributed by atoms with Crippen LogP contribution in [0.15, 0.2) is 72.8 Å². The molecule has 1 saturated carbocycles. The van der Waals surface area contributed by atoms with E-state index in [1.807, 2.05) is 0 Å². The van der Waals surface area contributed by atoms with Crippen LogP contribution in [-0.4, -0.2) is 16.8 Å². The summed E-state index contributed by atoms with van der Waals surface area (Å²) < 4.78 is 19.4. The molecule has 1 fully saturated rings. The third-order valence-electron chi connectivity index (χ3n) is 6.42. The number of aryl methyl sites for hydroxylation is 1. The largest absolute Gasteiger partial charge is 0.447 e. The maximum atomic E-state index is 13.6. The van der Waals surface area contributed by atoms with Crippen molar-refractivity contribution in [2.24, 2.45) is 0 Å². The molecule has 8 heteroatoms. The predicted octanol–water partition coefficient (Wildman–Crippen LogP) is 5.78. The number of nitro benzene ring substituents is 1. The molecule has 0 heterocycles. The van der Waals surface area contributed by atoms with Gasteiger partial charge >= 0.3 is 5.97 Å². The second-order valence-corrected chi connectivity index (χ2v) is 8.76. The van der Waals surface area contributed by atoms with Crippen LogP contribution in [0.5, 0.6) is 0 Å². The van der Waals surface area contributed by atoms with Gasteiger partial charge < -0.3 is 10.1 Å². The van der Waals surface area contributed by atoms with Crippen LogP contribution < -0.4 is 5.32 Å². The lowest BCUT2D eigenvalue weighted by molar-refractivity contribution is -0.384. The summed E-state index contributed by atoms with van der Waals surface area (Å²) >= 11 is 0. The van der Waals surface area contributed by atoms with E-state index in [0.29, 0.717) is 29.5 Å². The quantitative estimate of drug-likeness (QED) is 0.265. The van der Waals surface area contributed by atoms with E-state index in [1.165, 1.54) is 24.3 Å². The number of anilines is 1. The summed E-state index contributed by atoms with van der Waals surface area (Å²) in [7, 11) is 0. The number of carbonyl (C=O) groups is 2. The average molecular weight is 477 g/mol. The number of benzene rings is 3. The number of rotatable bonds is 7. The summed E-state index contributed by atoms with van der Waals surface area (Å²) in [5, 5.41) is 14.1. The molecule has 0 aliphatic heterocycles. The van der Waals surface area contributed by atoms with E-state index in [2.05, 4.69) is 5.32 Å². The molecule has 0 unspecified atom stereocenters. The van der Waals surface area contributed by atoms with Crippen LogP contribution in [0.3, 0.4) is 0 Å². The Morgan fingerprint density at radius 1 is 1.03 bits per heavy atom. The molecule has 1 aliphatic rings. The second-order valence-electron chi connectivity index (χ2n) is 8.76. The van der Waals surface area contributed by atoms with Crippen molar-refractivity contribution >= 4 is 23.3 Å². The monoisotopic (exact) mass is 476 g/mol. The lowest BCUT2D eigenvalue weighted by Crippen LogP contribution is -2.38. The number of nitrogens with one attached hydrogen (secondary N) is 1. The van der Waals surface area contributed by atoms with Crippen molar-refractivity contribution in [2.45, 2.75) is 44.1 Å². The number of esters is 1. The first-order valence-corrected chi connectivity index (χ1v) is 11.4. The van der Waals surface area contributed by atoms with Crippen molar-refractivity contribution in [1.29, 1.82) is 0 Å². The van der Waals surface area contributed by atoms with Crippen LogP contribution in [0.4, 0.5) is 15.8 Å². The topological polar surface area (TPSA) is 98.5 Å². The first kappa shape index (κ1) is 24.1. The highest BCUT2D eigenvalue weighted by molar-refractivity contribution is 5.98. The lowest BCUT2D eigenvalue weighted by atomic mass is 9.79. The first-order valence-electron chi connectivity index (χ1n) is 11.4. The van der Waals surface area contributed by atoms with Gasteiger partial charge in [-0.2, -0.15) is 0 Å². The molecular formula is C27H25FN2O5. The van der Waals surface area contributed by atoms with Gasteiger partial charge in [0.1, 0.15) is 11.5 Å². The highest BCUT2D eigenvalue weighted by atomic mass is 19.1. The molecule has 1 N–H and O–H groups in total. The maximum absolute atomic E-state index is 13.6. The van der Waals surface area contributed by atoms with E-state index in [9.17, 15) is 24.1 Å². The molecule has 7 nitrogen and oxygen atoms in total. The van der Waals surface area contributed by atoms with Crippen LogP contribution in [0.1, 0.15) is 48.5 Å². The molecule has 1 aliphatic carbocycles. The van der Waals surface area contributed by atoms with Crippen molar-refractivity contribution in [3.63, 3.8) is 0 Å². The van der Waals surface area contributed by atoms with Crippen molar-refractivity contribution in [3.8, 4) is 0 Å². The van der Waals surface area contributed by atoms with E-state index in [4.69, 9.17) is 4.74 Å². The number of ether oxygens (including phenoxy) is 1. The van der Waals surface area contributed by atoms with Gasteiger partial charge in [0.2, 0.25) is 6.10 Å². The minimum Gasteiger partial charge on any atom is -0.447 e. The Morgan fingerprint density at radius 3 is 2.31 bits per heavy atom. The fraction of sp³-hybridized carbons (Fsp3) is 0.259. The summed E-state index contributed by atoms with van der Waals surface area (Å²) in [6.07, 6.45) is 1.30. The molecule has 35 heavy (non-hydrogen) atoms. The second kappa shape index (κ2) is 10.0. The van der Waals surface area contributed by atoms with Crippen LogP contribution in [-0.2, 0) is 19.7 Å². The van der Waals surface area contributed by atoms with Crippen molar-refractivity contribution in [1.82, 2.24) is 0 Å². The van der Waals surface area contributed by atoms with Crippen molar-refractivity contribution in [2.75, 3.05) is 5.32 Å². The fourth-order valence-electron chi connectivity index (χ4n) is 4.58. The number of carbonyl (C=O) groups excluding carboxylic acids is 2. The Bertz CT molecular complexity index is 1240. The summed E-state index contributed by atoms with van der Waals surface area (Å²) in [5.74, 6) is -1.69. The van der Waals surface area contributed by atoms with Gasteiger partial charge in [0, 0.05) is 11.6 Å². The molecule has 0 spiro atoms. The van der Waals surface area contributed by atoms with Gasteiger partial charge in [0.15, 0.2) is 0 Å². The standard InChI is InChI=1S/C27H25FN2O5/c1-18-9-14-22(23(17-18)30(33)34)29-25(31)24(19-7-3-2-4-8-19)35-26(32)27(15-5-6-16-27)20-10-12-21(28)13-11-20/h2-4,7-14,17,24H,5-6,15-16H2,1H3,(H,29,31)/t24-/m0/s1. The Hall–Kier alpha value is -4.07. The third-order valence-corrected chi connectivity index (χ3v) is 6.42. The third kappa shape index (κ3) is 5.06. The molecule has 0 bridgehead atoms. The van der Waals surface area contributed by atoms with Crippen molar-refractivity contribution < 1.29 is 23.6 Å². The van der Waals surface area contributed by atoms with Gasteiger partial charge in [-0.15, -0.1) is 0 Å². The molecular weight excluding hydrogens is 451 g/mol. The van der Waals surface area contributed by atoms with E-state index in [0.717, 1.165) is 12.8 Å². The SMILES string of the molecule is Cc1ccc(NC(=O)[C@@H](OC(=O)C2(c3ccc(F)cc3)CCCC2)c2ccccc2)c([N+](=O)[O-])c1. The maximum Gasteiger partial charge on any atom is 0.317 e. The van der Waals surface area contributed by atoms with Gasteiger partial charge in [-0.3, -0.25) is 19.7 Å². The summed E-state index contributed by atoms with van der Waals surface area (Å²) in [6, 6.07) is 18.7. The Labute approximate surface area is 202 Å². The molecule has 0 saturated heterocycles. The summed E-state index contributed by atoms with van der Waals surface area (Å²) in [4.78, 5) is 37.9. The molecule has 0 aromatic heterocycles. The van der Waals surface area contributed by atoms with Gasteiger partial charge in [0.05, 0.1) is 10.3 Å². The molecule has 4 rings (SSSR count). The van der Waals surface area contributed by atoms with Crippen LogP contribution >= 0.6 is 0 Å². The molecule has 3 aromatic carbocycles. The Kier molecular flexibility index (Phi) is 6.91. The van der Waals surface area contributed by atoms with Gasteiger partial charge in [-0.1, -0.05) is 61.4 Å². The zero-order valence-electron chi connectivity index (χ0n) is 19.2. The molecule has 1 amide bonds. The zero-order valence-corrected chi connectivity index (χ0v) is 19.2. The molecule has 180 valence electrons. The number of amides is 1. The number of nitrogens with zero attached hydrogens (tertiary/aromatic N) is 1. The fourth-order valence-corrected chi connectivity index (χ4v) is 4.58. The minimum atomic E-state index is -1.33. The van der Waals surface area contributed by atoms with Crippen LogP contribution in [0.25, 0.3) is 0 Å². The normalized spacial score (nSPS) is 15.3. The van der Waals surface area contributed by atoms with Gasteiger partial charge in [-0.05, 0) is 49.1 Å². The predicted molar refractivity (Wildman–Crippen MR) is 128 cm³/mol. The number of nitro groups is 1.